The summed E-state index contributed by atoms with van der Waals surface area (Å²) in [5.74, 6) is 1.49. The van der Waals surface area contributed by atoms with E-state index in [9.17, 15) is 4.79 Å². The number of halogens is 1. The van der Waals surface area contributed by atoms with Crippen LogP contribution < -0.4 is 5.73 Å². The third-order valence-corrected chi connectivity index (χ3v) is 6.56. The number of carbonyl (C=O) groups is 1. The summed E-state index contributed by atoms with van der Waals surface area (Å²) in [5.41, 5.74) is 10.9. The summed E-state index contributed by atoms with van der Waals surface area (Å²) in [6.07, 6.45) is 7.87. The summed E-state index contributed by atoms with van der Waals surface area (Å²) >= 11 is 3.50. The molecule has 188 valence electrons. The van der Waals surface area contributed by atoms with E-state index in [-0.39, 0.29) is 11.6 Å². The summed E-state index contributed by atoms with van der Waals surface area (Å²) in [6.45, 7) is 13.3. The Morgan fingerprint density at radius 3 is 2.44 bits per heavy atom. The number of rotatable bonds is 6. The van der Waals surface area contributed by atoms with Crippen LogP contribution in [0.5, 0.6) is 0 Å². The van der Waals surface area contributed by atoms with Crippen molar-refractivity contribution in [2.75, 3.05) is 18.9 Å². The minimum atomic E-state index is -0.328. The Bertz CT molecular complexity index is 934. The van der Waals surface area contributed by atoms with E-state index >= 15 is 0 Å². The van der Waals surface area contributed by atoms with Crippen LogP contribution in [0.3, 0.4) is 0 Å². The lowest BCUT2D eigenvalue weighted by Gasteiger charge is -2.27. The molecule has 0 aliphatic carbocycles. The number of hydrogen-bond acceptors (Lipinski definition) is 5. The Morgan fingerprint density at radius 2 is 1.91 bits per heavy atom. The summed E-state index contributed by atoms with van der Waals surface area (Å²) < 4.78 is 11.2. The first-order valence-electron chi connectivity index (χ1n) is 12.3. The van der Waals surface area contributed by atoms with Crippen molar-refractivity contribution in [2.45, 2.75) is 91.1 Å². The van der Waals surface area contributed by atoms with E-state index in [4.69, 9.17) is 15.2 Å². The monoisotopic (exact) mass is 532 g/mol. The van der Waals surface area contributed by atoms with Gasteiger partial charge in [-0.2, -0.15) is 0 Å². The average molecular weight is 534 g/mol. The molecule has 5 nitrogen and oxygen atoms in total. The van der Waals surface area contributed by atoms with Gasteiger partial charge in [0.2, 0.25) is 0 Å². The zero-order chi connectivity index (χ0) is 25.3. The van der Waals surface area contributed by atoms with Gasteiger partial charge in [0.15, 0.2) is 0 Å². The van der Waals surface area contributed by atoms with Gasteiger partial charge in [0.05, 0.1) is 4.47 Å². The topological polar surface area (TPSA) is 74.4 Å². The number of nitrogens with zero attached hydrogens (tertiary/aromatic N) is 1. The maximum absolute atomic E-state index is 10.2. The lowest BCUT2D eigenvalue weighted by molar-refractivity contribution is -0.151. The van der Waals surface area contributed by atoms with E-state index in [2.05, 4.69) is 59.0 Å². The Morgan fingerprint density at radius 1 is 1.24 bits per heavy atom. The van der Waals surface area contributed by atoms with Crippen molar-refractivity contribution < 1.29 is 14.3 Å². The van der Waals surface area contributed by atoms with E-state index in [0.29, 0.717) is 17.7 Å². The largest absolute Gasteiger partial charge is 0.460 e. The highest BCUT2D eigenvalue weighted by Gasteiger charge is 2.22. The van der Waals surface area contributed by atoms with Gasteiger partial charge in [-0.15, -0.1) is 0 Å². The van der Waals surface area contributed by atoms with E-state index < -0.39 is 0 Å². The number of carbonyl (C=O) groups excluding carboxylic acids is 1. The number of aromatic nitrogens is 1. The number of ether oxygens (including phenoxy) is 2. The second-order valence-electron chi connectivity index (χ2n) is 10.1. The van der Waals surface area contributed by atoms with E-state index in [1.807, 2.05) is 27.0 Å². The number of anilines is 1. The van der Waals surface area contributed by atoms with Crippen LogP contribution in [0.25, 0.3) is 11.1 Å². The molecular formula is C28H41BrN2O3. The molecule has 1 saturated heterocycles. The third-order valence-electron chi connectivity index (χ3n) is 5.92. The predicted octanol–water partition coefficient (Wildman–Crippen LogP) is 7.63. The van der Waals surface area contributed by atoms with Crippen molar-refractivity contribution in [3.05, 3.63) is 46.1 Å². The Hall–Kier alpha value is -1.92. The molecule has 1 aromatic heterocycles. The van der Waals surface area contributed by atoms with Gasteiger partial charge in [-0.25, -0.2) is 4.98 Å². The number of benzene rings is 1. The second kappa shape index (κ2) is 13.2. The Balaban J connectivity index is 0.000000440. The molecule has 6 heteroatoms. The molecule has 0 spiro atoms. The van der Waals surface area contributed by atoms with Crippen molar-refractivity contribution in [1.82, 2.24) is 4.98 Å². The number of nitrogens with two attached hydrogens (primary N) is 1. The molecule has 0 saturated carbocycles. The first-order chi connectivity index (χ1) is 16.0. The summed E-state index contributed by atoms with van der Waals surface area (Å²) in [6, 6.07) is 9.02. The van der Waals surface area contributed by atoms with E-state index in [0.717, 1.165) is 36.1 Å². The van der Waals surface area contributed by atoms with Gasteiger partial charge in [-0.3, -0.25) is 4.79 Å². The highest BCUT2D eigenvalue weighted by atomic mass is 79.9. The lowest BCUT2D eigenvalue weighted by Crippen LogP contribution is -2.21. The standard InChI is InChI=1S/C22H29BrN2O.C6H12O2/c1-3-4-5-15(2)20-12-17(18-13-21(23)22(24)25-14-18)6-7-19(20)16-8-10-26-11-9-16;1-5(7)8-6(2,3)4/h6-7,12-16H,3-5,8-11H2,1-2H3,(H2,24,25);1-4H3. The first-order valence-corrected chi connectivity index (χ1v) is 13.1. The van der Waals surface area contributed by atoms with Crippen molar-refractivity contribution in [1.29, 1.82) is 0 Å². The molecule has 1 unspecified atom stereocenters. The molecule has 2 heterocycles. The van der Waals surface area contributed by atoms with Crippen LogP contribution in [0, 0.1) is 0 Å². The van der Waals surface area contributed by atoms with Crippen LogP contribution in [0.2, 0.25) is 0 Å². The fraction of sp³-hybridized carbons (Fsp3) is 0.571. The lowest BCUT2D eigenvalue weighted by atomic mass is 9.81. The number of hydrogen-bond donors (Lipinski definition) is 1. The van der Waals surface area contributed by atoms with Crippen molar-refractivity contribution in [3.8, 4) is 11.1 Å². The molecule has 1 aromatic carbocycles. The Labute approximate surface area is 214 Å². The number of esters is 1. The first kappa shape index (κ1) is 28.3. The summed E-state index contributed by atoms with van der Waals surface area (Å²) in [5, 5.41) is 0. The van der Waals surface area contributed by atoms with Crippen LogP contribution in [0.15, 0.2) is 34.9 Å². The highest BCUT2D eigenvalue weighted by molar-refractivity contribution is 9.10. The van der Waals surface area contributed by atoms with Crippen molar-refractivity contribution in [2.24, 2.45) is 0 Å². The van der Waals surface area contributed by atoms with Crippen molar-refractivity contribution in [3.63, 3.8) is 0 Å². The van der Waals surface area contributed by atoms with Crippen molar-refractivity contribution >= 4 is 27.7 Å². The minimum Gasteiger partial charge on any atom is -0.460 e. The van der Waals surface area contributed by atoms with Crippen LogP contribution in [0.1, 0.15) is 96.6 Å². The number of pyridine rings is 1. The molecular weight excluding hydrogens is 492 g/mol. The molecule has 0 amide bonds. The molecule has 1 aliphatic rings. The van der Waals surface area contributed by atoms with Gasteiger partial charge in [0.1, 0.15) is 11.4 Å². The van der Waals surface area contributed by atoms with Crippen LogP contribution in [0.4, 0.5) is 5.82 Å². The molecule has 1 fully saturated rings. The maximum atomic E-state index is 10.2. The smallest absolute Gasteiger partial charge is 0.303 e. The van der Waals surface area contributed by atoms with Crippen LogP contribution in [-0.2, 0) is 14.3 Å². The quantitative estimate of drug-likeness (QED) is 0.387. The fourth-order valence-corrected chi connectivity index (χ4v) is 4.61. The van der Waals surface area contributed by atoms with Gasteiger partial charge < -0.3 is 15.2 Å². The van der Waals surface area contributed by atoms with Gasteiger partial charge in [-0.05, 0) is 90.6 Å². The van der Waals surface area contributed by atoms with E-state index in [1.54, 1.807) is 0 Å². The number of unbranched alkanes of at least 4 members (excludes halogenated alkanes) is 1. The maximum Gasteiger partial charge on any atom is 0.303 e. The molecule has 1 atom stereocenters. The zero-order valence-corrected chi connectivity index (χ0v) is 23.2. The molecule has 34 heavy (non-hydrogen) atoms. The fourth-order valence-electron chi connectivity index (χ4n) is 4.26. The van der Waals surface area contributed by atoms with E-state index in [1.165, 1.54) is 42.9 Å². The van der Waals surface area contributed by atoms with Gasteiger partial charge in [0.25, 0.3) is 0 Å². The average Bonchev–Trinajstić information content (AvgIpc) is 2.78. The molecule has 2 aromatic rings. The molecule has 3 rings (SSSR count). The normalized spacial score (nSPS) is 15.3. The van der Waals surface area contributed by atoms with Gasteiger partial charge >= 0.3 is 5.97 Å². The van der Waals surface area contributed by atoms with Crippen LogP contribution >= 0.6 is 15.9 Å². The molecule has 0 bridgehead atoms. The zero-order valence-electron chi connectivity index (χ0n) is 21.6. The summed E-state index contributed by atoms with van der Waals surface area (Å²) in [4.78, 5) is 14.5. The van der Waals surface area contributed by atoms with Gasteiger partial charge in [-0.1, -0.05) is 44.9 Å². The van der Waals surface area contributed by atoms with Gasteiger partial charge in [0, 0.05) is 31.9 Å². The third kappa shape index (κ3) is 9.03. The number of nitrogen functional groups attached to an aromatic ring is 1. The second-order valence-corrected chi connectivity index (χ2v) is 10.9. The molecule has 2 N–H and O–H groups in total. The SMILES string of the molecule is CC(=O)OC(C)(C)C.CCCCC(C)c1cc(-c2cnc(N)c(Br)c2)ccc1C1CCOCC1. The minimum absolute atomic E-state index is 0.225. The molecule has 0 radical (unpaired) electrons. The predicted molar refractivity (Wildman–Crippen MR) is 144 cm³/mol. The highest BCUT2D eigenvalue weighted by Crippen LogP contribution is 2.37. The Kier molecular flexibility index (Phi) is 11.0. The molecule has 1 aliphatic heterocycles. The summed E-state index contributed by atoms with van der Waals surface area (Å²) in [7, 11) is 0. The van der Waals surface area contributed by atoms with Crippen LogP contribution in [-0.4, -0.2) is 29.8 Å².